The molecule has 2 aromatic carbocycles. The molecule has 0 unspecified atom stereocenters. The Morgan fingerprint density at radius 2 is 1.77 bits per heavy atom. The normalized spacial score (nSPS) is 18.7. The van der Waals surface area contributed by atoms with E-state index in [0.29, 0.717) is 11.3 Å². The molecule has 1 aliphatic heterocycles. The third kappa shape index (κ3) is 10.2. The predicted molar refractivity (Wildman–Crippen MR) is 195 cm³/mol. The van der Waals surface area contributed by atoms with Crippen molar-refractivity contribution in [1.82, 2.24) is 20.5 Å². The molecule has 13 nitrogen and oxygen atoms in total. The summed E-state index contributed by atoms with van der Waals surface area (Å²) in [5.74, 6) is -1.46. The summed E-state index contributed by atoms with van der Waals surface area (Å²) >= 11 is 1.47. The summed E-state index contributed by atoms with van der Waals surface area (Å²) in [5, 5.41) is 16.0. The van der Waals surface area contributed by atoms with Crippen molar-refractivity contribution in [2.45, 2.75) is 89.2 Å². The van der Waals surface area contributed by atoms with Crippen LogP contribution in [0.5, 0.6) is 5.75 Å². The van der Waals surface area contributed by atoms with Gasteiger partial charge in [0.1, 0.15) is 24.4 Å². The molecule has 0 bridgehead atoms. The van der Waals surface area contributed by atoms with Crippen molar-refractivity contribution in [3.63, 3.8) is 0 Å². The fraction of sp³-hybridized carbons (Fsp3) is 0.514. The van der Waals surface area contributed by atoms with Crippen LogP contribution in [0.3, 0.4) is 0 Å². The van der Waals surface area contributed by atoms with Gasteiger partial charge in [0, 0.05) is 25.1 Å². The van der Waals surface area contributed by atoms with E-state index in [1.54, 1.807) is 38.4 Å². The zero-order valence-corrected chi connectivity index (χ0v) is 32.1. The molecule has 1 aromatic heterocycles. The second-order valence-electron chi connectivity index (χ2n) is 14.5. The number of hydrogen-bond acceptors (Lipinski definition) is 11. The number of nitrogens with one attached hydrogen (secondary N) is 2. The number of nitrogens with zero attached hydrogens (tertiary/aromatic N) is 2. The van der Waals surface area contributed by atoms with Gasteiger partial charge >= 0.3 is 0 Å². The molecule has 1 aliphatic carbocycles. The highest BCUT2D eigenvalue weighted by atomic mass is 32.2. The van der Waals surface area contributed by atoms with Gasteiger partial charge in [0.05, 0.1) is 46.9 Å². The van der Waals surface area contributed by atoms with Crippen LogP contribution in [0.25, 0.3) is 10.4 Å². The molecule has 1 saturated heterocycles. The van der Waals surface area contributed by atoms with Crippen LogP contribution in [0.4, 0.5) is 4.39 Å². The molecule has 288 valence electrons. The van der Waals surface area contributed by atoms with Crippen LogP contribution < -0.4 is 15.4 Å². The Kier molecular flexibility index (Phi) is 12.6. The van der Waals surface area contributed by atoms with E-state index in [1.165, 1.54) is 28.4 Å². The van der Waals surface area contributed by atoms with Gasteiger partial charge in [-0.05, 0) is 55.9 Å². The average molecular weight is 775 g/mol. The second kappa shape index (κ2) is 16.6. The molecular formula is C37H47FN4O9S2. The van der Waals surface area contributed by atoms with Crippen molar-refractivity contribution < 1.29 is 46.0 Å². The minimum Gasteiger partial charge on any atom is -0.491 e. The van der Waals surface area contributed by atoms with Gasteiger partial charge < -0.3 is 30.1 Å². The lowest BCUT2D eigenvalue weighted by Gasteiger charge is -2.35. The standard InChI is InChI=1S/C37H47FN4O9S2/c1-23-6-10-28(11-7-23)53(47,48)51-17-15-49-14-16-50-30-18-25(31-24(2)40-22-52-31)8-9-26(30)20-39-33(44)29-19-27(43)21-42(29)34(45)32(36(3,4)5)41-35(46)37(38)12-13-37/h6-11,18,22,27,29,32,43H,12-17,19-21H2,1-5H3,(H,39,44)(H,41,46)/t27-,29+,32-/m1/s1. The van der Waals surface area contributed by atoms with Crippen molar-refractivity contribution in [1.29, 1.82) is 0 Å². The number of carbonyl (C=O) groups excluding carboxylic acids is 3. The number of benzene rings is 2. The number of halogens is 1. The Morgan fingerprint density at radius 1 is 1.08 bits per heavy atom. The first-order valence-corrected chi connectivity index (χ1v) is 19.7. The molecule has 1 saturated carbocycles. The quantitative estimate of drug-likeness (QED) is 0.143. The zero-order chi connectivity index (χ0) is 38.6. The van der Waals surface area contributed by atoms with Crippen molar-refractivity contribution in [3.05, 3.63) is 64.8 Å². The number of aromatic nitrogens is 1. The number of aliphatic hydroxyl groups is 1. The topological polar surface area (TPSA) is 173 Å². The molecule has 16 heteroatoms. The molecule has 5 rings (SSSR count). The molecule has 2 fully saturated rings. The van der Waals surface area contributed by atoms with Gasteiger partial charge in [0.15, 0.2) is 5.67 Å². The number of aryl methyl sites for hydroxylation is 2. The average Bonchev–Trinajstić information content (AvgIpc) is 3.51. The van der Waals surface area contributed by atoms with E-state index in [9.17, 15) is 32.3 Å². The lowest BCUT2D eigenvalue weighted by Crippen LogP contribution is -2.59. The Balaban J connectivity index is 1.20. The van der Waals surface area contributed by atoms with E-state index in [0.717, 1.165) is 21.7 Å². The molecule has 0 spiro atoms. The number of alkyl halides is 1. The smallest absolute Gasteiger partial charge is 0.297 e. The van der Waals surface area contributed by atoms with E-state index in [2.05, 4.69) is 15.6 Å². The molecule has 2 aliphatic rings. The van der Waals surface area contributed by atoms with E-state index >= 15 is 0 Å². The number of likely N-dealkylation sites (tertiary alicyclic amines) is 1. The SMILES string of the molecule is Cc1ccc(S(=O)(=O)OCCOCCOc2cc(-c3scnc3C)ccc2CNC(=O)[C@@H]2C[C@@H](O)CN2C(=O)[C@@H](NC(=O)C2(F)CC2)C(C)(C)C)cc1. The number of amides is 3. The third-order valence-electron chi connectivity index (χ3n) is 9.14. The minimum atomic E-state index is -3.91. The van der Waals surface area contributed by atoms with E-state index in [-0.39, 0.29) is 63.7 Å². The molecule has 53 heavy (non-hydrogen) atoms. The van der Waals surface area contributed by atoms with Gasteiger partial charge in [-0.3, -0.25) is 18.6 Å². The molecule has 3 atom stereocenters. The van der Waals surface area contributed by atoms with Crippen LogP contribution in [-0.2, 0) is 40.0 Å². The van der Waals surface area contributed by atoms with Crippen molar-refractivity contribution in [2.75, 3.05) is 33.0 Å². The van der Waals surface area contributed by atoms with Crippen molar-refractivity contribution in [3.8, 4) is 16.2 Å². The van der Waals surface area contributed by atoms with Crippen LogP contribution in [0.1, 0.15) is 56.9 Å². The third-order valence-corrected chi connectivity index (χ3v) is 11.4. The maximum absolute atomic E-state index is 14.5. The highest BCUT2D eigenvalue weighted by Gasteiger charge is 2.53. The van der Waals surface area contributed by atoms with Crippen LogP contribution in [-0.4, -0.2) is 98.0 Å². The first-order valence-electron chi connectivity index (χ1n) is 17.4. The summed E-state index contributed by atoms with van der Waals surface area (Å²) in [4.78, 5) is 46.6. The maximum atomic E-state index is 14.5. The highest BCUT2D eigenvalue weighted by Crippen LogP contribution is 2.40. The number of ether oxygens (including phenoxy) is 2. The number of thiazole rings is 1. The Labute approximate surface area is 313 Å². The zero-order valence-electron chi connectivity index (χ0n) is 30.5. The Bertz CT molecular complexity index is 1890. The van der Waals surface area contributed by atoms with E-state index in [1.807, 2.05) is 32.0 Å². The van der Waals surface area contributed by atoms with Crippen LogP contribution in [0, 0.1) is 19.3 Å². The Morgan fingerprint density at radius 3 is 2.42 bits per heavy atom. The van der Waals surface area contributed by atoms with E-state index < -0.39 is 57.1 Å². The predicted octanol–water partition coefficient (Wildman–Crippen LogP) is 3.84. The number of rotatable bonds is 16. The van der Waals surface area contributed by atoms with Crippen LogP contribution in [0.15, 0.2) is 52.9 Å². The highest BCUT2D eigenvalue weighted by molar-refractivity contribution is 7.86. The molecule has 2 heterocycles. The fourth-order valence-corrected chi connectivity index (χ4v) is 7.56. The van der Waals surface area contributed by atoms with Gasteiger partial charge in [0.25, 0.3) is 16.0 Å². The molecule has 0 radical (unpaired) electrons. The molecule has 3 amide bonds. The number of aliphatic hydroxyl groups excluding tert-OH is 1. The van der Waals surface area contributed by atoms with Gasteiger partial charge in [-0.15, -0.1) is 11.3 Å². The monoisotopic (exact) mass is 774 g/mol. The Hall–Kier alpha value is -3.96. The van der Waals surface area contributed by atoms with Crippen LogP contribution in [0.2, 0.25) is 0 Å². The largest absolute Gasteiger partial charge is 0.491 e. The summed E-state index contributed by atoms with van der Waals surface area (Å²) in [6.45, 7) is 8.95. The summed E-state index contributed by atoms with van der Waals surface area (Å²) in [6, 6.07) is 9.75. The number of hydrogen-bond donors (Lipinski definition) is 3. The first kappa shape index (κ1) is 40.2. The second-order valence-corrected chi connectivity index (χ2v) is 17.0. The summed E-state index contributed by atoms with van der Waals surface area (Å²) < 4.78 is 56.1. The van der Waals surface area contributed by atoms with Gasteiger partial charge in [-0.25, -0.2) is 9.37 Å². The van der Waals surface area contributed by atoms with Gasteiger partial charge in [0.2, 0.25) is 11.8 Å². The lowest BCUT2D eigenvalue weighted by atomic mass is 9.85. The van der Waals surface area contributed by atoms with E-state index in [4.69, 9.17) is 13.7 Å². The molecule has 3 N–H and O–H groups in total. The summed E-state index contributed by atoms with van der Waals surface area (Å²) in [5.41, 5.74) is 2.23. The molecular weight excluding hydrogens is 728 g/mol. The van der Waals surface area contributed by atoms with Crippen LogP contribution >= 0.6 is 11.3 Å². The maximum Gasteiger partial charge on any atom is 0.297 e. The minimum absolute atomic E-state index is 0.00421. The fourth-order valence-electron chi connectivity index (χ4n) is 5.86. The molecule has 3 aromatic rings. The van der Waals surface area contributed by atoms with Gasteiger partial charge in [-0.1, -0.05) is 50.6 Å². The van der Waals surface area contributed by atoms with Crippen molar-refractivity contribution in [2.24, 2.45) is 5.41 Å². The first-order chi connectivity index (χ1) is 25.0. The van der Waals surface area contributed by atoms with Gasteiger partial charge in [-0.2, -0.15) is 8.42 Å². The summed E-state index contributed by atoms with van der Waals surface area (Å²) in [7, 11) is -3.91. The lowest BCUT2D eigenvalue weighted by molar-refractivity contribution is -0.145. The summed E-state index contributed by atoms with van der Waals surface area (Å²) in [6.07, 6.45) is -0.777. The van der Waals surface area contributed by atoms with Crippen molar-refractivity contribution >= 4 is 39.2 Å². The number of β-amino-alcohol motifs (C(OH)–C–C–N with tert-alkyl or cyclic N) is 1. The number of carbonyl (C=O) groups is 3.